The van der Waals surface area contributed by atoms with E-state index < -0.39 is 0 Å². The summed E-state index contributed by atoms with van der Waals surface area (Å²) >= 11 is 0. The lowest BCUT2D eigenvalue weighted by atomic mass is 10.0. The summed E-state index contributed by atoms with van der Waals surface area (Å²) in [6.45, 7) is 3.17. The van der Waals surface area contributed by atoms with Crippen LogP contribution in [0.3, 0.4) is 0 Å². The Labute approximate surface area is 103 Å². The normalized spacial score (nSPS) is 29.9. The van der Waals surface area contributed by atoms with Crippen LogP contribution in [-0.2, 0) is 9.53 Å². The minimum Gasteiger partial charge on any atom is -0.381 e. The van der Waals surface area contributed by atoms with Gasteiger partial charge < -0.3 is 15.0 Å². The number of likely N-dealkylation sites (tertiary alicyclic amines) is 1. The molecule has 0 radical (unpaired) electrons. The highest BCUT2D eigenvalue weighted by Gasteiger charge is 2.30. The molecule has 0 aromatic carbocycles. The lowest BCUT2D eigenvalue weighted by molar-refractivity contribution is -0.136. The third-order valence-electron chi connectivity index (χ3n) is 3.42. The second-order valence-corrected chi connectivity index (χ2v) is 4.47. The SMILES string of the molecule is CNC1CCCN(C(=O)C2CCOC2)C1.Cl. The van der Waals surface area contributed by atoms with Gasteiger partial charge in [-0.15, -0.1) is 12.4 Å². The number of piperidine rings is 1. The van der Waals surface area contributed by atoms with Crippen LogP contribution in [-0.4, -0.2) is 50.2 Å². The summed E-state index contributed by atoms with van der Waals surface area (Å²) in [6, 6.07) is 0.477. The van der Waals surface area contributed by atoms with Gasteiger partial charge in [0.1, 0.15) is 0 Å². The van der Waals surface area contributed by atoms with Gasteiger partial charge in [-0.25, -0.2) is 0 Å². The fourth-order valence-electron chi connectivity index (χ4n) is 2.40. The van der Waals surface area contributed by atoms with Gasteiger partial charge in [0.15, 0.2) is 0 Å². The van der Waals surface area contributed by atoms with Gasteiger partial charge in [0.2, 0.25) is 5.91 Å². The van der Waals surface area contributed by atoms with Crippen molar-refractivity contribution in [2.24, 2.45) is 5.92 Å². The first-order valence-corrected chi connectivity index (χ1v) is 5.85. The number of amides is 1. The van der Waals surface area contributed by atoms with Crippen molar-refractivity contribution < 1.29 is 9.53 Å². The van der Waals surface area contributed by atoms with Crippen molar-refractivity contribution in [3.63, 3.8) is 0 Å². The molecule has 0 aromatic heterocycles. The Morgan fingerprint density at radius 3 is 2.88 bits per heavy atom. The van der Waals surface area contributed by atoms with Crippen molar-refractivity contribution in [3.05, 3.63) is 0 Å². The van der Waals surface area contributed by atoms with Crippen molar-refractivity contribution in [2.75, 3.05) is 33.4 Å². The standard InChI is InChI=1S/C11H20N2O2.ClH/c1-12-10-3-2-5-13(7-10)11(14)9-4-6-15-8-9;/h9-10,12H,2-8H2,1H3;1H. The molecule has 4 nitrogen and oxygen atoms in total. The highest BCUT2D eigenvalue weighted by Crippen LogP contribution is 2.18. The van der Waals surface area contributed by atoms with Crippen LogP contribution in [0, 0.1) is 5.92 Å². The maximum absolute atomic E-state index is 12.1. The van der Waals surface area contributed by atoms with Crippen molar-refractivity contribution >= 4 is 18.3 Å². The summed E-state index contributed by atoms with van der Waals surface area (Å²) in [5, 5.41) is 3.25. The number of carbonyl (C=O) groups excluding carboxylic acids is 1. The van der Waals surface area contributed by atoms with E-state index in [4.69, 9.17) is 4.74 Å². The van der Waals surface area contributed by atoms with E-state index in [1.807, 2.05) is 11.9 Å². The van der Waals surface area contributed by atoms with Crippen LogP contribution in [0.15, 0.2) is 0 Å². The predicted octanol–water partition coefficient (Wildman–Crippen LogP) is 0.655. The lowest BCUT2D eigenvalue weighted by Crippen LogP contribution is -2.48. The highest BCUT2D eigenvalue weighted by molar-refractivity contribution is 5.85. The molecule has 2 atom stereocenters. The van der Waals surface area contributed by atoms with Gasteiger partial charge in [-0.1, -0.05) is 0 Å². The molecule has 2 aliphatic rings. The number of hydrogen-bond acceptors (Lipinski definition) is 3. The molecule has 94 valence electrons. The van der Waals surface area contributed by atoms with Gasteiger partial charge in [-0.2, -0.15) is 0 Å². The summed E-state index contributed by atoms with van der Waals surface area (Å²) in [5.74, 6) is 0.424. The zero-order chi connectivity index (χ0) is 10.7. The monoisotopic (exact) mass is 248 g/mol. The lowest BCUT2D eigenvalue weighted by Gasteiger charge is -2.33. The molecule has 16 heavy (non-hydrogen) atoms. The molecule has 0 spiro atoms. The minimum atomic E-state index is 0. The molecule has 2 rings (SSSR count). The maximum Gasteiger partial charge on any atom is 0.228 e. The first-order valence-electron chi connectivity index (χ1n) is 5.85. The van der Waals surface area contributed by atoms with Crippen LogP contribution >= 0.6 is 12.4 Å². The van der Waals surface area contributed by atoms with E-state index in [0.29, 0.717) is 18.6 Å². The molecule has 1 amide bonds. The molecule has 2 aliphatic heterocycles. The van der Waals surface area contributed by atoms with E-state index in [1.54, 1.807) is 0 Å². The molecule has 5 heteroatoms. The van der Waals surface area contributed by atoms with Gasteiger partial charge in [-0.3, -0.25) is 4.79 Å². The Bertz CT molecular complexity index is 232. The molecular weight excluding hydrogens is 228 g/mol. The third-order valence-corrected chi connectivity index (χ3v) is 3.42. The van der Waals surface area contributed by atoms with E-state index in [-0.39, 0.29) is 18.3 Å². The Hall–Kier alpha value is -0.320. The van der Waals surface area contributed by atoms with Crippen LogP contribution in [0.25, 0.3) is 0 Å². The number of carbonyl (C=O) groups is 1. The van der Waals surface area contributed by atoms with Crippen LogP contribution in [0.2, 0.25) is 0 Å². The minimum absolute atomic E-state index is 0. The molecule has 0 aliphatic carbocycles. The van der Waals surface area contributed by atoms with Gasteiger partial charge in [0.05, 0.1) is 12.5 Å². The Kier molecular flexibility index (Phi) is 5.52. The maximum atomic E-state index is 12.1. The number of nitrogens with one attached hydrogen (secondary N) is 1. The van der Waals surface area contributed by atoms with Crippen LogP contribution in [0.1, 0.15) is 19.3 Å². The van der Waals surface area contributed by atoms with Crippen molar-refractivity contribution in [1.29, 1.82) is 0 Å². The van der Waals surface area contributed by atoms with Gasteiger partial charge in [0.25, 0.3) is 0 Å². The summed E-state index contributed by atoms with van der Waals surface area (Å²) < 4.78 is 5.26. The average Bonchev–Trinajstić information content (AvgIpc) is 2.81. The molecule has 2 saturated heterocycles. The number of halogens is 1. The van der Waals surface area contributed by atoms with Crippen LogP contribution in [0.4, 0.5) is 0 Å². The Morgan fingerprint density at radius 1 is 1.44 bits per heavy atom. The highest BCUT2D eigenvalue weighted by atomic mass is 35.5. The summed E-state index contributed by atoms with van der Waals surface area (Å²) in [5.41, 5.74) is 0. The summed E-state index contributed by atoms with van der Waals surface area (Å²) in [6.07, 6.45) is 3.20. The third kappa shape index (κ3) is 3.09. The molecule has 0 bridgehead atoms. The van der Waals surface area contributed by atoms with Gasteiger partial charge >= 0.3 is 0 Å². The number of nitrogens with zero attached hydrogens (tertiary/aromatic N) is 1. The second-order valence-electron chi connectivity index (χ2n) is 4.47. The largest absolute Gasteiger partial charge is 0.381 e. The number of rotatable bonds is 2. The average molecular weight is 249 g/mol. The number of likely N-dealkylation sites (N-methyl/N-ethyl adjacent to an activating group) is 1. The van der Waals surface area contributed by atoms with Crippen molar-refractivity contribution in [3.8, 4) is 0 Å². The zero-order valence-corrected chi connectivity index (χ0v) is 10.6. The molecule has 1 N–H and O–H groups in total. The summed E-state index contributed by atoms with van der Waals surface area (Å²) in [7, 11) is 1.97. The van der Waals surface area contributed by atoms with Crippen LogP contribution < -0.4 is 5.32 Å². The van der Waals surface area contributed by atoms with Gasteiger partial charge in [0, 0.05) is 25.7 Å². The van der Waals surface area contributed by atoms with Crippen molar-refractivity contribution in [1.82, 2.24) is 10.2 Å². The molecule has 0 saturated carbocycles. The Balaban J connectivity index is 0.00000128. The Morgan fingerprint density at radius 2 is 2.25 bits per heavy atom. The fraction of sp³-hybridized carbons (Fsp3) is 0.909. The zero-order valence-electron chi connectivity index (χ0n) is 9.78. The topological polar surface area (TPSA) is 41.6 Å². The summed E-state index contributed by atoms with van der Waals surface area (Å²) in [4.78, 5) is 14.1. The molecule has 0 aromatic rings. The molecular formula is C11H21ClN2O2. The first kappa shape index (κ1) is 13.7. The van der Waals surface area contributed by atoms with Crippen LogP contribution in [0.5, 0.6) is 0 Å². The molecule has 2 unspecified atom stereocenters. The quantitative estimate of drug-likeness (QED) is 0.781. The molecule has 2 heterocycles. The second kappa shape index (κ2) is 6.42. The van der Waals surface area contributed by atoms with E-state index in [9.17, 15) is 4.79 Å². The smallest absolute Gasteiger partial charge is 0.228 e. The van der Waals surface area contributed by atoms with E-state index >= 15 is 0 Å². The number of ether oxygens (including phenoxy) is 1. The fourth-order valence-corrected chi connectivity index (χ4v) is 2.40. The molecule has 2 fully saturated rings. The first-order chi connectivity index (χ1) is 7.31. The van der Waals surface area contributed by atoms with E-state index in [0.717, 1.165) is 32.5 Å². The predicted molar refractivity (Wildman–Crippen MR) is 64.8 cm³/mol. The van der Waals surface area contributed by atoms with Gasteiger partial charge in [-0.05, 0) is 26.3 Å². The number of hydrogen-bond donors (Lipinski definition) is 1. The van der Waals surface area contributed by atoms with Crippen molar-refractivity contribution in [2.45, 2.75) is 25.3 Å². The van der Waals surface area contributed by atoms with E-state index in [2.05, 4.69) is 5.32 Å². The van der Waals surface area contributed by atoms with E-state index in [1.165, 1.54) is 6.42 Å².